The van der Waals surface area contributed by atoms with Crippen LogP contribution >= 0.6 is 0 Å². The highest BCUT2D eigenvalue weighted by Gasteiger charge is 2.40. The summed E-state index contributed by atoms with van der Waals surface area (Å²) in [7, 11) is 0. The fourth-order valence-corrected chi connectivity index (χ4v) is 3.25. The van der Waals surface area contributed by atoms with Gasteiger partial charge in [-0.25, -0.2) is 0 Å². The second-order valence-electron chi connectivity index (χ2n) is 8.35. The van der Waals surface area contributed by atoms with Crippen LogP contribution in [-0.4, -0.2) is 24.2 Å². The minimum Gasteiger partial charge on any atom is -0.491 e. The summed E-state index contributed by atoms with van der Waals surface area (Å²) in [5, 5.41) is 3.08. The van der Waals surface area contributed by atoms with E-state index in [2.05, 4.69) is 46.9 Å². The Kier molecular flexibility index (Phi) is 9.86. The van der Waals surface area contributed by atoms with Crippen molar-refractivity contribution >= 4 is 11.6 Å². The Morgan fingerprint density at radius 3 is 2.00 bits per heavy atom. The molecule has 1 rings (SSSR count). The summed E-state index contributed by atoms with van der Waals surface area (Å²) < 4.78 is 12.0. The van der Waals surface area contributed by atoms with E-state index < -0.39 is 5.60 Å². The van der Waals surface area contributed by atoms with Crippen molar-refractivity contribution in [2.45, 2.75) is 85.9 Å². The maximum Gasteiger partial charge on any atom is 0.256 e. The van der Waals surface area contributed by atoms with Gasteiger partial charge in [-0.15, -0.1) is 0 Å². The maximum absolute atomic E-state index is 13.3. The minimum absolute atomic E-state index is 0.0473. The maximum atomic E-state index is 13.3. The molecule has 0 heterocycles. The molecule has 1 N–H and O–H groups in total. The molecule has 0 saturated heterocycles. The molecule has 1 aromatic carbocycles. The molecule has 154 valence electrons. The standard InChI is InChI=1S/C23H39NO3/c1-8-14-26-23(15-17(3)4,16-18(5)6)22(25)24-20-10-12-21(13-11-20)27-19(7)9-2/h10-13,17-19H,8-9,14-16H2,1-7H3,(H,24,25)/t19-/m1/s1. The second-order valence-corrected chi connectivity index (χ2v) is 8.35. The summed E-state index contributed by atoms with van der Waals surface area (Å²) in [5.41, 5.74) is -0.0157. The smallest absolute Gasteiger partial charge is 0.256 e. The summed E-state index contributed by atoms with van der Waals surface area (Å²) in [6, 6.07) is 7.60. The Labute approximate surface area is 166 Å². The second kappa shape index (κ2) is 11.3. The lowest BCUT2D eigenvalue weighted by molar-refractivity contribution is -0.147. The van der Waals surface area contributed by atoms with E-state index in [0.717, 1.165) is 24.3 Å². The number of rotatable bonds is 12. The molecule has 4 nitrogen and oxygen atoms in total. The molecule has 1 amide bonds. The first kappa shape index (κ1) is 23.5. The van der Waals surface area contributed by atoms with Crippen molar-refractivity contribution < 1.29 is 14.3 Å². The fraction of sp³-hybridized carbons (Fsp3) is 0.696. The van der Waals surface area contributed by atoms with Crippen molar-refractivity contribution in [3.8, 4) is 5.75 Å². The Morgan fingerprint density at radius 1 is 1.00 bits per heavy atom. The number of carbonyl (C=O) groups is 1. The van der Waals surface area contributed by atoms with E-state index in [4.69, 9.17) is 9.47 Å². The third kappa shape index (κ3) is 7.92. The van der Waals surface area contributed by atoms with Gasteiger partial charge >= 0.3 is 0 Å². The number of hydrogen-bond donors (Lipinski definition) is 1. The van der Waals surface area contributed by atoms with Gasteiger partial charge in [0.15, 0.2) is 0 Å². The zero-order chi connectivity index (χ0) is 20.4. The molecule has 0 aliphatic carbocycles. The van der Waals surface area contributed by atoms with Crippen LogP contribution in [0.25, 0.3) is 0 Å². The predicted molar refractivity (Wildman–Crippen MR) is 113 cm³/mol. The molecule has 0 bridgehead atoms. The summed E-state index contributed by atoms with van der Waals surface area (Å²) in [6.45, 7) is 15.4. The van der Waals surface area contributed by atoms with Crippen molar-refractivity contribution in [1.82, 2.24) is 0 Å². The van der Waals surface area contributed by atoms with E-state index in [1.165, 1.54) is 0 Å². The third-order valence-corrected chi connectivity index (χ3v) is 4.50. The summed E-state index contributed by atoms with van der Waals surface area (Å²) >= 11 is 0. The highest BCUT2D eigenvalue weighted by Crippen LogP contribution is 2.31. The molecule has 1 atom stereocenters. The Balaban J connectivity index is 2.96. The molecule has 27 heavy (non-hydrogen) atoms. The van der Waals surface area contributed by atoms with Crippen LogP contribution in [0.4, 0.5) is 5.69 Å². The van der Waals surface area contributed by atoms with Gasteiger partial charge in [0.1, 0.15) is 11.4 Å². The Bertz CT molecular complexity index is 541. The summed E-state index contributed by atoms with van der Waals surface area (Å²) in [6.07, 6.45) is 3.46. The van der Waals surface area contributed by atoms with Crippen molar-refractivity contribution in [2.75, 3.05) is 11.9 Å². The SMILES string of the molecule is CCCOC(CC(C)C)(CC(C)C)C(=O)Nc1ccc(O[C@H](C)CC)cc1. The normalized spacial score (nSPS) is 13.1. The largest absolute Gasteiger partial charge is 0.491 e. The van der Waals surface area contributed by atoms with Crippen LogP contribution in [0.3, 0.4) is 0 Å². The van der Waals surface area contributed by atoms with Crippen LogP contribution in [0.2, 0.25) is 0 Å². The van der Waals surface area contributed by atoms with Gasteiger partial charge in [0, 0.05) is 12.3 Å². The molecule has 0 aliphatic rings. The summed E-state index contributed by atoms with van der Waals surface area (Å²) in [5.74, 6) is 1.52. The number of anilines is 1. The topological polar surface area (TPSA) is 47.6 Å². The number of nitrogens with one attached hydrogen (secondary N) is 1. The van der Waals surface area contributed by atoms with Gasteiger partial charge in [0.05, 0.1) is 6.10 Å². The van der Waals surface area contributed by atoms with Crippen molar-refractivity contribution in [1.29, 1.82) is 0 Å². The van der Waals surface area contributed by atoms with Crippen LogP contribution < -0.4 is 10.1 Å². The fourth-order valence-electron chi connectivity index (χ4n) is 3.25. The van der Waals surface area contributed by atoms with Crippen molar-refractivity contribution in [2.24, 2.45) is 11.8 Å². The van der Waals surface area contributed by atoms with Crippen molar-refractivity contribution in [3.05, 3.63) is 24.3 Å². The average Bonchev–Trinajstić information content (AvgIpc) is 2.60. The lowest BCUT2D eigenvalue weighted by atomic mass is 9.83. The lowest BCUT2D eigenvalue weighted by Gasteiger charge is -2.35. The van der Waals surface area contributed by atoms with E-state index in [0.29, 0.717) is 31.3 Å². The zero-order valence-corrected chi connectivity index (χ0v) is 18.3. The van der Waals surface area contributed by atoms with Gasteiger partial charge < -0.3 is 14.8 Å². The van der Waals surface area contributed by atoms with E-state index in [-0.39, 0.29) is 12.0 Å². The molecule has 0 spiro atoms. The highest BCUT2D eigenvalue weighted by molar-refractivity contribution is 5.97. The first-order valence-electron chi connectivity index (χ1n) is 10.4. The van der Waals surface area contributed by atoms with Crippen LogP contribution in [-0.2, 0) is 9.53 Å². The highest BCUT2D eigenvalue weighted by atomic mass is 16.5. The molecule has 1 aromatic rings. The van der Waals surface area contributed by atoms with Gasteiger partial charge in [-0.1, -0.05) is 41.5 Å². The van der Waals surface area contributed by atoms with Crippen molar-refractivity contribution in [3.63, 3.8) is 0 Å². The number of amides is 1. The molecule has 0 radical (unpaired) electrons. The molecular weight excluding hydrogens is 338 g/mol. The first-order chi connectivity index (χ1) is 12.7. The van der Waals surface area contributed by atoms with Crippen LogP contribution in [0.15, 0.2) is 24.3 Å². The molecule has 0 aromatic heterocycles. The molecular formula is C23H39NO3. The van der Waals surface area contributed by atoms with E-state index in [1.807, 2.05) is 31.2 Å². The first-order valence-corrected chi connectivity index (χ1v) is 10.4. The van der Waals surface area contributed by atoms with E-state index in [1.54, 1.807) is 0 Å². The monoisotopic (exact) mass is 377 g/mol. The van der Waals surface area contributed by atoms with Gasteiger partial charge in [0.25, 0.3) is 5.91 Å². The van der Waals surface area contributed by atoms with E-state index >= 15 is 0 Å². The van der Waals surface area contributed by atoms with Crippen LogP contribution in [0, 0.1) is 11.8 Å². The lowest BCUT2D eigenvalue weighted by Crippen LogP contribution is -2.47. The molecule has 0 fully saturated rings. The molecule has 4 heteroatoms. The Hall–Kier alpha value is -1.55. The molecule has 0 saturated carbocycles. The average molecular weight is 378 g/mol. The summed E-state index contributed by atoms with van der Waals surface area (Å²) in [4.78, 5) is 13.3. The van der Waals surface area contributed by atoms with Gasteiger partial charge in [-0.05, 0) is 68.7 Å². The van der Waals surface area contributed by atoms with Gasteiger partial charge in [-0.2, -0.15) is 0 Å². The number of hydrogen-bond acceptors (Lipinski definition) is 3. The van der Waals surface area contributed by atoms with Crippen LogP contribution in [0.5, 0.6) is 5.75 Å². The van der Waals surface area contributed by atoms with Gasteiger partial charge in [0.2, 0.25) is 0 Å². The quantitative estimate of drug-likeness (QED) is 0.481. The Morgan fingerprint density at radius 2 is 1.56 bits per heavy atom. The predicted octanol–water partition coefficient (Wildman–Crippen LogP) is 6.06. The minimum atomic E-state index is -0.787. The molecule has 0 unspecified atom stereocenters. The third-order valence-electron chi connectivity index (χ3n) is 4.50. The zero-order valence-electron chi connectivity index (χ0n) is 18.3. The number of ether oxygens (including phenoxy) is 2. The van der Waals surface area contributed by atoms with Gasteiger partial charge in [-0.3, -0.25) is 4.79 Å². The molecule has 0 aliphatic heterocycles. The van der Waals surface area contributed by atoms with E-state index in [9.17, 15) is 4.79 Å². The number of carbonyl (C=O) groups excluding carboxylic acids is 1. The number of benzene rings is 1. The van der Waals surface area contributed by atoms with Crippen LogP contribution in [0.1, 0.15) is 74.1 Å².